The van der Waals surface area contributed by atoms with E-state index in [9.17, 15) is 0 Å². The van der Waals surface area contributed by atoms with Gasteiger partial charge in [0.15, 0.2) is 10.4 Å². The molecule has 0 saturated carbocycles. The van der Waals surface area contributed by atoms with Crippen LogP contribution in [0.15, 0.2) is 25.6 Å². The maximum Gasteiger partial charge on any atom is 0.283 e. The molecule has 0 bridgehead atoms. The first-order valence-electron chi connectivity index (χ1n) is 6.51. The SMILES string of the molecule is CC1CCN(Cc2nnc(-c3ccc(Br)o3)o2)CC1. The van der Waals surface area contributed by atoms with Gasteiger partial charge in [-0.05, 0) is 59.9 Å². The van der Waals surface area contributed by atoms with Gasteiger partial charge in [-0.15, -0.1) is 10.2 Å². The van der Waals surface area contributed by atoms with Crippen LogP contribution in [0.5, 0.6) is 0 Å². The average molecular weight is 326 g/mol. The van der Waals surface area contributed by atoms with Crippen LogP contribution in [0.2, 0.25) is 0 Å². The number of aromatic nitrogens is 2. The molecule has 0 aliphatic carbocycles. The minimum absolute atomic E-state index is 0.436. The predicted octanol–water partition coefficient (Wildman–Crippen LogP) is 3.32. The quantitative estimate of drug-likeness (QED) is 0.866. The lowest BCUT2D eigenvalue weighted by atomic mass is 9.99. The number of hydrogen-bond acceptors (Lipinski definition) is 5. The first kappa shape index (κ1) is 12.9. The molecule has 102 valence electrons. The van der Waals surface area contributed by atoms with Crippen molar-refractivity contribution < 1.29 is 8.83 Å². The summed E-state index contributed by atoms with van der Waals surface area (Å²) in [6.07, 6.45) is 2.48. The second kappa shape index (κ2) is 5.46. The van der Waals surface area contributed by atoms with Crippen LogP contribution in [0.1, 0.15) is 25.7 Å². The first-order valence-corrected chi connectivity index (χ1v) is 7.30. The van der Waals surface area contributed by atoms with Crippen molar-refractivity contribution in [3.05, 3.63) is 22.7 Å². The molecule has 0 unspecified atom stereocenters. The van der Waals surface area contributed by atoms with Crippen molar-refractivity contribution in [1.82, 2.24) is 15.1 Å². The smallest absolute Gasteiger partial charge is 0.283 e. The number of halogens is 1. The molecule has 1 saturated heterocycles. The zero-order valence-corrected chi connectivity index (χ0v) is 12.4. The molecular weight excluding hydrogens is 310 g/mol. The third-order valence-corrected chi connectivity index (χ3v) is 3.91. The van der Waals surface area contributed by atoms with E-state index in [1.807, 2.05) is 12.1 Å². The minimum atomic E-state index is 0.436. The van der Waals surface area contributed by atoms with Crippen LogP contribution in [0.3, 0.4) is 0 Å². The van der Waals surface area contributed by atoms with Crippen molar-refractivity contribution in [2.45, 2.75) is 26.3 Å². The topological polar surface area (TPSA) is 55.3 Å². The molecule has 1 aliphatic heterocycles. The normalized spacial score (nSPS) is 18.0. The monoisotopic (exact) mass is 325 g/mol. The fourth-order valence-corrected chi connectivity index (χ4v) is 2.56. The molecular formula is C13H16BrN3O2. The molecule has 0 spiro atoms. The molecule has 5 nitrogen and oxygen atoms in total. The summed E-state index contributed by atoms with van der Waals surface area (Å²) in [5.74, 6) is 2.51. The Kier molecular flexibility index (Phi) is 3.70. The van der Waals surface area contributed by atoms with E-state index in [-0.39, 0.29) is 0 Å². The lowest BCUT2D eigenvalue weighted by Crippen LogP contribution is -2.32. The van der Waals surface area contributed by atoms with E-state index in [0.717, 1.165) is 25.6 Å². The van der Waals surface area contributed by atoms with Gasteiger partial charge < -0.3 is 8.83 Å². The van der Waals surface area contributed by atoms with Crippen LogP contribution in [-0.2, 0) is 6.54 Å². The summed E-state index contributed by atoms with van der Waals surface area (Å²) < 4.78 is 11.7. The Balaban J connectivity index is 1.65. The van der Waals surface area contributed by atoms with Gasteiger partial charge in [-0.1, -0.05) is 6.92 Å². The van der Waals surface area contributed by atoms with Crippen molar-refractivity contribution in [1.29, 1.82) is 0 Å². The summed E-state index contributed by atoms with van der Waals surface area (Å²) in [4.78, 5) is 2.36. The number of hydrogen-bond donors (Lipinski definition) is 0. The standard InChI is InChI=1S/C13H16BrN3O2/c1-9-4-6-17(7-5-9)8-12-15-16-13(19-12)10-2-3-11(14)18-10/h2-3,9H,4-8H2,1H3. The molecule has 0 radical (unpaired) electrons. The molecule has 3 rings (SSSR count). The molecule has 1 fully saturated rings. The maximum absolute atomic E-state index is 5.63. The molecule has 2 aromatic rings. The summed E-state index contributed by atoms with van der Waals surface area (Å²) in [6.45, 7) is 5.23. The van der Waals surface area contributed by atoms with E-state index in [1.165, 1.54) is 12.8 Å². The van der Waals surface area contributed by atoms with Gasteiger partial charge in [-0.2, -0.15) is 0 Å². The second-order valence-electron chi connectivity index (χ2n) is 5.06. The molecule has 3 heterocycles. The molecule has 0 N–H and O–H groups in total. The molecule has 0 atom stereocenters. The first-order chi connectivity index (χ1) is 9.20. The van der Waals surface area contributed by atoms with Crippen molar-refractivity contribution in [3.8, 4) is 11.7 Å². The Bertz CT molecular complexity index is 544. The molecule has 19 heavy (non-hydrogen) atoms. The molecule has 6 heteroatoms. The third kappa shape index (κ3) is 3.06. The largest absolute Gasteiger partial charge is 0.444 e. The maximum atomic E-state index is 5.63. The van der Waals surface area contributed by atoms with Crippen LogP contribution in [0, 0.1) is 5.92 Å². The van der Waals surface area contributed by atoms with Crippen molar-refractivity contribution in [3.63, 3.8) is 0 Å². The second-order valence-corrected chi connectivity index (χ2v) is 5.84. The van der Waals surface area contributed by atoms with Crippen molar-refractivity contribution >= 4 is 15.9 Å². The molecule has 2 aromatic heterocycles. The van der Waals surface area contributed by atoms with Crippen LogP contribution < -0.4 is 0 Å². The molecule has 0 aromatic carbocycles. The van der Waals surface area contributed by atoms with Gasteiger partial charge in [0.1, 0.15) is 0 Å². The number of nitrogens with zero attached hydrogens (tertiary/aromatic N) is 3. The van der Waals surface area contributed by atoms with E-state index >= 15 is 0 Å². The van der Waals surface area contributed by atoms with Crippen molar-refractivity contribution in [2.24, 2.45) is 5.92 Å². The highest BCUT2D eigenvalue weighted by Crippen LogP contribution is 2.24. The zero-order valence-electron chi connectivity index (χ0n) is 10.8. The van der Waals surface area contributed by atoms with E-state index in [1.54, 1.807) is 0 Å². The van der Waals surface area contributed by atoms with E-state index in [0.29, 0.717) is 22.2 Å². The van der Waals surface area contributed by atoms with Gasteiger partial charge in [0, 0.05) is 0 Å². The predicted molar refractivity (Wildman–Crippen MR) is 73.4 cm³/mol. The lowest BCUT2D eigenvalue weighted by Gasteiger charge is -2.28. The van der Waals surface area contributed by atoms with Crippen LogP contribution in [0.4, 0.5) is 0 Å². The number of piperidine rings is 1. The number of furan rings is 1. The van der Waals surface area contributed by atoms with E-state index < -0.39 is 0 Å². The Labute approximate surface area is 120 Å². The van der Waals surface area contributed by atoms with Gasteiger partial charge in [-0.25, -0.2) is 0 Å². The number of likely N-dealkylation sites (tertiary alicyclic amines) is 1. The highest BCUT2D eigenvalue weighted by molar-refractivity contribution is 9.10. The summed E-state index contributed by atoms with van der Waals surface area (Å²) in [5, 5.41) is 8.10. The Hall–Kier alpha value is -1.14. The van der Waals surface area contributed by atoms with Crippen LogP contribution in [0.25, 0.3) is 11.7 Å². The van der Waals surface area contributed by atoms with Crippen LogP contribution >= 0.6 is 15.9 Å². The minimum Gasteiger partial charge on any atom is -0.444 e. The Morgan fingerprint density at radius 2 is 2.05 bits per heavy atom. The fourth-order valence-electron chi connectivity index (χ4n) is 2.26. The van der Waals surface area contributed by atoms with Gasteiger partial charge in [0.25, 0.3) is 5.89 Å². The fraction of sp³-hybridized carbons (Fsp3) is 0.538. The lowest BCUT2D eigenvalue weighted by molar-refractivity contribution is 0.171. The Morgan fingerprint density at radius 3 is 2.74 bits per heavy atom. The van der Waals surface area contributed by atoms with Gasteiger partial charge in [-0.3, -0.25) is 4.90 Å². The highest BCUT2D eigenvalue weighted by atomic mass is 79.9. The average Bonchev–Trinajstić information content (AvgIpc) is 3.01. The van der Waals surface area contributed by atoms with Gasteiger partial charge >= 0.3 is 0 Å². The molecule has 0 amide bonds. The van der Waals surface area contributed by atoms with Crippen LogP contribution in [-0.4, -0.2) is 28.2 Å². The number of rotatable bonds is 3. The van der Waals surface area contributed by atoms with E-state index in [4.69, 9.17) is 8.83 Å². The summed E-state index contributed by atoms with van der Waals surface area (Å²) >= 11 is 3.26. The summed E-state index contributed by atoms with van der Waals surface area (Å²) in [6, 6.07) is 3.62. The van der Waals surface area contributed by atoms with Gasteiger partial charge in [0.05, 0.1) is 6.54 Å². The highest BCUT2D eigenvalue weighted by Gasteiger charge is 2.19. The van der Waals surface area contributed by atoms with E-state index in [2.05, 4.69) is 38.0 Å². The Morgan fingerprint density at radius 1 is 1.26 bits per heavy atom. The van der Waals surface area contributed by atoms with Gasteiger partial charge in [0.2, 0.25) is 5.89 Å². The molecule has 1 aliphatic rings. The summed E-state index contributed by atoms with van der Waals surface area (Å²) in [5.41, 5.74) is 0. The third-order valence-electron chi connectivity index (χ3n) is 3.49. The zero-order chi connectivity index (χ0) is 13.2. The van der Waals surface area contributed by atoms with Crippen molar-refractivity contribution in [2.75, 3.05) is 13.1 Å². The summed E-state index contributed by atoms with van der Waals surface area (Å²) in [7, 11) is 0.